The highest BCUT2D eigenvalue weighted by Crippen LogP contribution is 2.37. The molecule has 2 heterocycles. The standard InChI is InChI=1S/C26H31N3O3/c1-5-32-22-8-6-7-21(17-22)29-25(30)23(19-11-9-18(2)10-12-19)24(26(29)31)28(4)20-13-15-27(3)16-14-20/h6-12,17,20H,5,13-16H2,1-4H3. The number of carbonyl (C=O) groups excluding carboxylic acids is 2. The van der Waals surface area contributed by atoms with Gasteiger partial charge in [0, 0.05) is 19.2 Å². The number of aryl methyl sites for hydroxylation is 1. The molecule has 0 radical (unpaired) electrons. The summed E-state index contributed by atoms with van der Waals surface area (Å²) in [5.41, 5.74) is 3.36. The van der Waals surface area contributed by atoms with Crippen molar-refractivity contribution < 1.29 is 14.3 Å². The zero-order valence-electron chi connectivity index (χ0n) is 19.3. The monoisotopic (exact) mass is 433 g/mol. The van der Waals surface area contributed by atoms with Crippen LogP contribution >= 0.6 is 0 Å². The molecule has 1 saturated heterocycles. The third-order valence-corrected chi connectivity index (χ3v) is 6.38. The summed E-state index contributed by atoms with van der Waals surface area (Å²) >= 11 is 0. The van der Waals surface area contributed by atoms with Gasteiger partial charge in [0.25, 0.3) is 11.8 Å². The lowest BCUT2D eigenvalue weighted by atomic mass is 9.99. The average molecular weight is 434 g/mol. The summed E-state index contributed by atoms with van der Waals surface area (Å²) in [7, 11) is 4.06. The number of amides is 2. The molecule has 0 spiro atoms. The topological polar surface area (TPSA) is 53.1 Å². The lowest BCUT2D eigenvalue weighted by Crippen LogP contribution is -2.43. The fraction of sp³-hybridized carbons (Fsp3) is 0.385. The van der Waals surface area contributed by atoms with Crippen LogP contribution in [0.3, 0.4) is 0 Å². The van der Waals surface area contributed by atoms with Crippen molar-refractivity contribution in [3.8, 4) is 5.75 Å². The fourth-order valence-electron chi connectivity index (χ4n) is 4.50. The number of anilines is 1. The number of benzene rings is 2. The lowest BCUT2D eigenvalue weighted by molar-refractivity contribution is -0.120. The molecule has 0 aliphatic carbocycles. The first kappa shape index (κ1) is 22.1. The number of likely N-dealkylation sites (N-methyl/N-ethyl adjacent to an activating group) is 1. The molecule has 0 atom stereocenters. The Morgan fingerprint density at radius 2 is 1.72 bits per heavy atom. The van der Waals surface area contributed by atoms with Gasteiger partial charge >= 0.3 is 0 Å². The van der Waals surface area contributed by atoms with Crippen LogP contribution in [0.4, 0.5) is 5.69 Å². The predicted octanol–water partition coefficient (Wildman–Crippen LogP) is 3.70. The Hall–Kier alpha value is -3.12. The molecule has 6 heteroatoms. The van der Waals surface area contributed by atoms with Gasteiger partial charge in [0.05, 0.1) is 17.9 Å². The molecule has 2 aliphatic heterocycles. The smallest absolute Gasteiger partial charge is 0.282 e. The van der Waals surface area contributed by atoms with E-state index in [0.29, 0.717) is 29.3 Å². The summed E-state index contributed by atoms with van der Waals surface area (Å²) in [6, 6.07) is 15.2. The van der Waals surface area contributed by atoms with Crippen molar-refractivity contribution in [1.29, 1.82) is 0 Å². The first-order valence-electron chi connectivity index (χ1n) is 11.2. The van der Waals surface area contributed by atoms with Gasteiger partial charge in [0.1, 0.15) is 11.4 Å². The van der Waals surface area contributed by atoms with Gasteiger partial charge in [0.2, 0.25) is 0 Å². The number of likely N-dealkylation sites (tertiary alicyclic amines) is 1. The van der Waals surface area contributed by atoms with Gasteiger partial charge < -0.3 is 14.5 Å². The van der Waals surface area contributed by atoms with Gasteiger partial charge in [0.15, 0.2) is 0 Å². The molecule has 2 aromatic rings. The van der Waals surface area contributed by atoms with E-state index in [4.69, 9.17) is 4.74 Å². The third kappa shape index (κ3) is 4.15. The Morgan fingerprint density at radius 1 is 1.03 bits per heavy atom. The Kier molecular flexibility index (Phi) is 6.33. The first-order chi connectivity index (χ1) is 15.4. The minimum absolute atomic E-state index is 0.216. The Labute approximate surface area is 190 Å². The van der Waals surface area contributed by atoms with Gasteiger partial charge in [-0.15, -0.1) is 0 Å². The van der Waals surface area contributed by atoms with Crippen LogP contribution in [0.15, 0.2) is 54.2 Å². The van der Waals surface area contributed by atoms with Crippen LogP contribution < -0.4 is 9.64 Å². The second-order valence-corrected chi connectivity index (χ2v) is 8.61. The van der Waals surface area contributed by atoms with Crippen molar-refractivity contribution in [3.05, 3.63) is 65.4 Å². The molecule has 0 aromatic heterocycles. The average Bonchev–Trinajstić information content (AvgIpc) is 3.05. The van der Waals surface area contributed by atoms with Crippen molar-refractivity contribution >= 4 is 23.1 Å². The largest absolute Gasteiger partial charge is 0.494 e. The molecule has 0 bridgehead atoms. The number of ether oxygens (including phenoxy) is 1. The summed E-state index contributed by atoms with van der Waals surface area (Å²) in [5, 5.41) is 0. The van der Waals surface area contributed by atoms with Crippen molar-refractivity contribution in [1.82, 2.24) is 9.80 Å². The molecule has 168 valence electrons. The summed E-state index contributed by atoms with van der Waals surface area (Å²) in [4.78, 5) is 33.1. The van der Waals surface area contributed by atoms with Crippen molar-refractivity contribution in [2.45, 2.75) is 32.7 Å². The quantitative estimate of drug-likeness (QED) is 0.650. The number of hydrogen-bond donors (Lipinski definition) is 0. The van der Waals surface area contributed by atoms with E-state index in [0.717, 1.165) is 37.1 Å². The van der Waals surface area contributed by atoms with E-state index in [1.54, 1.807) is 12.1 Å². The summed E-state index contributed by atoms with van der Waals surface area (Å²) in [6.07, 6.45) is 1.91. The van der Waals surface area contributed by atoms with Gasteiger partial charge in [-0.2, -0.15) is 0 Å². The zero-order chi connectivity index (χ0) is 22.8. The molecule has 0 saturated carbocycles. The van der Waals surface area contributed by atoms with E-state index in [-0.39, 0.29) is 17.9 Å². The number of carbonyl (C=O) groups is 2. The van der Waals surface area contributed by atoms with Crippen LogP contribution in [0, 0.1) is 6.92 Å². The second-order valence-electron chi connectivity index (χ2n) is 8.61. The van der Waals surface area contributed by atoms with E-state index >= 15 is 0 Å². The molecule has 4 rings (SSSR count). The lowest BCUT2D eigenvalue weighted by Gasteiger charge is -2.36. The molecule has 2 amide bonds. The van der Waals surface area contributed by atoms with E-state index in [1.807, 2.05) is 62.2 Å². The third-order valence-electron chi connectivity index (χ3n) is 6.38. The van der Waals surface area contributed by atoms with Gasteiger partial charge in [-0.1, -0.05) is 35.9 Å². The van der Waals surface area contributed by atoms with E-state index in [2.05, 4.69) is 11.9 Å². The first-order valence-corrected chi connectivity index (χ1v) is 11.2. The highest BCUT2D eigenvalue weighted by Gasteiger charge is 2.43. The zero-order valence-corrected chi connectivity index (χ0v) is 19.3. The van der Waals surface area contributed by atoms with Crippen LogP contribution in [0.5, 0.6) is 5.75 Å². The summed E-state index contributed by atoms with van der Waals surface area (Å²) in [5.74, 6) is 0.0718. The summed E-state index contributed by atoms with van der Waals surface area (Å²) < 4.78 is 5.60. The maximum absolute atomic E-state index is 13.7. The van der Waals surface area contributed by atoms with E-state index in [9.17, 15) is 9.59 Å². The van der Waals surface area contributed by atoms with Crippen molar-refractivity contribution in [3.63, 3.8) is 0 Å². The van der Waals surface area contributed by atoms with Gasteiger partial charge in [-0.3, -0.25) is 9.59 Å². The highest BCUT2D eigenvalue weighted by atomic mass is 16.5. The summed E-state index contributed by atoms with van der Waals surface area (Å²) in [6.45, 7) is 6.39. The number of piperidine rings is 1. The Balaban J connectivity index is 1.76. The maximum Gasteiger partial charge on any atom is 0.282 e. The molecular formula is C26H31N3O3. The van der Waals surface area contributed by atoms with Crippen LogP contribution in [0.2, 0.25) is 0 Å². The maximum atomic E-state index is 13.7. The number of rotatable bonds is 6. The van der Waals surface area contributed by atoms with Crippen LogP contribution in [-0.4, -0.2) is 61.4 Å². The SMILES string of the molecule is CCOc1cccc(N2C(=O)C(c3ccc(C)cc3)=C(N(C)C3CCN(C)CC3)C2=O)c1. The normalized spacial score (nSPS) is 17.9. The molecule has 2 aromatic carbocycles. The second kappa shape index (κ2) is 9.17. The molecule has 0 unspecified atom stereocenters. The van der Waals surface area contributed by atoms with Crippen LogP contribution in [0.25, 0.3) is 5.57 Å². The van der Waals surface area contributed by atoms with Crippen molar-refractivity contribution in [2.75, 3.05) is 38.7 Å². The van der Waals surface area contributed by atoms with Crippen LogP contribution in [-0.2, 0) is 9.59 Å². The van der Waals surface area contributed by atoms with Crippen LogP contribution in [0.1, 0.15) is 30.9 Å². The minimum atomic E-state index is -0.290. The van der Waals surface area contributed by atoms with Crippen molar-refractivity contribution in [2.24, 2.45) is 0 Å². The minimum Gasteiger partial charge on any atom is -0.494 e. The van der Waals surface area contributed by atoms with Gasteiger partial charge in [-0.05, 0) is 64.5 Å². The molecule has 32 heavy (non-hydrogen) atoms. The molecule has 2 aliphatic rings. The fourth-order valence-corrected chi connectivity index (χ4v) is 4.50. The Bertz CT molecular complexity index is 1040. The molecular weight excluding hydrogens is 402 g/mol. The Morgan fingerprint density at radius 3 is 2.38 bits per heavy atom. The predicted molar refractivity (Wildman–Crippen MR) is 126 cm³/mol. The highest BCUT2D eigenvalue weighted by molar-refractivity contribution is 6.45. The molecule has 1 fully saturated rings. The van der Waals surface area contributed by atoms with E-state index in [1.165, 1.54) is 4.90 Å². The van der Waals surface area contributed by atoms with E-state index < -0.39 is 0 Å². The number of imide groups is 1. The number of hydrogen-bond acceptors (Lipinski definition) is 5. The van der Waals surface area contributed by atoms with Gasteiger partial charge in [-0.25, -0.2) is 4.90 Å². The number of nitrogens with zero attached hydrogens (tertiary/aromatic N) is 3. The molecule has 0 N–H and O–H groups in total. The molecule has 6 nitrogen and oxygen atoms in total.